The second kappa shape index (κ2) is 7.01. The van der Waals surface area contributed by atoms with Crippen LogP contribution in [0, 0.1) is 0 Å². The number of rotatable bonds is 5. The molecule has 0 spiro atoms. The summed E-state index contributed by atoms with van der Waals surface area (Å²) in [5.41, 5.74) is 0.672. The maximum atomic E-state index is 11.8. The van der Waals surface area contributed by atoms with E-state index in [2.05, 4.69) is 36.8 Å². The van der Waals surface area contributed by atoms with Gasteiger partial charge in [-0.1, -0.05) is 15.9 Å². The summed E-state index contributed by atoms with van der Waals surface area (Å²) in [6.07, 6.45) is 1.38. The highest BCUT2D eigenvalue weighted by atomic mass is 79.9. The highest BCUT2D eigenvalue weighted by molar-refractivity contribution is 9.10. The van der Waals surface area contributed by atoms with Crippen LogP contribution in [0.3, 0.4) is 0 Å². The quantitative estimate of drug-likeness (QED) is 0.743. The third kappa shape index (κ3) is 4.36. The van der Waals surface area contributed by atoms with Crippen molar-refractivity contribution in [2.24, 2.45) is 0 Å². The lowest BCUT2D eigenvalue weighted by Crippen LogP contribution is -2.19. The SMILES string of the molecule is O=C(Cn1cnnn1)Nc1ccc(Oc2ccc(Br)cc2)cc1. The van der Waals surface area contributed by atoms with E-state index < -0.39 is 0 Å². The Kier molecular flexibility index (Phi) is 4.62. The molecular formula is C15H12BrN5O2. The lowest BCUT2D eigenvalue weighted by molar-refractivity contribution is -0.116. The van der Waals surface area contributed by atoms with Gasteiger partial charge in [-0.2, -0.15) is 0 Å². The first kappa shape index (κ1) is 15.2. The van der Waals surface area contributed by atoms with E-state index in [1.165, 1.54) is 11.0 Å². The second-order valence-corrected chi connectivity index (χ2v) is 5.55. The number of amides is 1. The number of hydrogen-bond acceptors (Lipinski definition) is 5. The zero-order valence-electron chi connectivity index (χ0n) is 11.9. The number of anilines is 1. The van der Waals surface area contributed by atoms with E-state index in [0.29, 0.717) is 11.4 Å². The van der Waals surface area contributed by atoms with E-state index in [4.69, 9.17) is 4.74 Å². The molecule has 1 amide bonds. The fourth-order valence-electron chi connectivity index (χ4n) is 1.85. The van der Waals surface area contributed by atoms with Crippen molar-refractivity contribution >= 4 is 27.5 Å². The van der Waals surface area contributed by atoms with Crippen LogP contribution < -0.4 is 10.1 Å². The molecule has 3 aromatic rings. The fraction of sp³-hybridized carbons (Fsp3) is 0.0667. The number of aromatic nitrogens is 4. The molecule has 1 N–H and O–H groups in total. The topological polar surface area (TPSA) is 81.9 Å². The van der Waals surface area contributed by atoms with E-state index in [1.807, 2.05) is 24.3 Å². The Morgan fingerprint density at radius 2 is 1.74 bits per heavy atom. The number of carbonyl (C=O) groups excluding carboxylic acids is 1. The molecule has 0 bridgehead atoms. The Bertz CT molecular complexity index is 773. The summed E-state index contributed by atoms with van der Waals surface area (Å²) in [7, 11) is 0. The maximum absolute atomic E-state index is 11.8. The molecule has 0 saturated carbocycles. The standard InChI is InChI=1S/C15H12BrN5O2/c16-11-1-5-13(6-2-11)23-14-7-3-12(4-8-14)18-15(22)9-21-10-17-19-20-21/h1-8,10H,9H2,(H,18,22). The molecule has 8 heteroatoms. The molecule has 7 nitrogen and oxygen atoms in total. The van der Waals surface area contributed by atoms with Crippen molar-refractivity contribution in [3.8, 4) is 11.5 Å². The van der Waals surface area contributed by atoms with Crippen molar-refractivity contribution in [3.63, 3.8) is 0 Å². The van der Waals surface area contributed by atoms with Crippen molar-refractivity contribution < 1.29 is 9.53 Å². The highest BCUT2D eigenvalue weighted by Gasteiger charge is 2.05. The Morgan fingerprint density at radius 1 is 1.09 bits per heavy atom. The van der Waals surface area contributed by atoms with Gasteiger partial charge in [-0.25, -0.2) is 4.68 Å². The number of ether oxygens (including phenoxy) is 1. The lowest BCUT2D eigenvalue weighted by atomic mass is 10.3. The number of nitrogens with one attached hydrogen (secondary N) is 1. The van der Waals surface area contributed by atoms with Crippen LogP contribution in [0.15, 0.2) is 59.3 Å². The molecule has 3 rings (SSSR count). The van der Waals surface area contributed by atoms with Gasteiger partial charge in [-0.15, -0.1) is 5.10 Å². The zero-order valence-corrected chi connectivity index (χ0v) is 13.5. The first-order chi connectivity index (χ1) is 11.2. The van der Waals surface area contributed by atoms with Crippen LogP contribution in [0.5, 0.6) is 11.5 Å². The molecule has 0 aliphatic rings. The fourth-order valence-corrected chi connectivity index (χ4v) is 2.11. The van der Waals surface area contributed by atoms with Crippen LogP contribution in [-0.2, 0) is 11.3 Å². The van der Waals surface area contributed by atoms with Gasteiger partial charge in [0, 0.05) is 10.2 Å². The molecule has 0 saturated heterocycles. The minimum absolute atomic E-state index is 0.0597. The van der Waals surface area contributed by atoms with Gasteiger partial charge >= 0.3 is 0 Å². The minimum atomic E-state index is -0.209. The van der Waals surface area contributed by atoms with Gasteiger partial charge in [0.2, 0.25) is 5.91 Å². The molecule has 1 heterocycles. The van der Waals surface area contributed by atoms with Crippen LogP contribution in [0.25, 0.3) is 0 Å². The number of benzene rings is 2. The number of hydrogen-bond donors (Lipinski definition) is 1. The summed E-state index contributed by atoms with van der Waals surface area (Å²) in [4.78, 5) is 11.8. The van der Waals surface area contributed by atoms with Crippen LogP contribution in [0.1, 0.15) is 0 Å². The Balaban J connectivity index is 1.58. The van der Waals surface area contributed by atoms with Crippen molar-refractivity contribution in [3.05, 3.63) is 59.3 Å². The van der Waals surface area contributed by atoms with E-state index >= 15 is 0 Å². The molecule has 0 aliphatic carbocycles. The summed E-state index contributed by atoms with van der Waals surface area (Å²) in [5, 5.41) is 13.3. The third-order valence-electron chi connectivity index (χ3n) is 2.88. The minimum Gasteiger partial charge on any atom is -0.457 e. The maximum Gasteiger partial charge on any atom is 0.246 e. The number of nitrogens with zero attached hydrogens (tertiary/aromatic N) is 4. The van der Waals surface area contributed by atoms with Gasteiger partial charge < -0.3 is 10.1 Å². The second-order valence-electron chi connectivity index (χ2n) is 4.64. The van der Waals surface area contributed by atoms with Crippen LogP contribution in [-0.4, -0.2) is 26.1 Å². The summed E-state index contributed by atoms with van der Waals surface area (Å²) >= 11 is 3.37. The van der Waals surface area contributed by atoms with Gasteiger partial charge in [0.15, 0.2) is 0 Å². The molecule has 116 valence electrons. The van der Waals surface area contributed by atoms with Crippen LogP contribution in [0.4, 0.5) is 5.69 Å². The molecule has 2 aromatic carbocycles. The molecule has 1 aromatic heterocycles. The first-order valence-electron chi connectivity index (χ1n) is 6.73. The normalized spacial score (nSPS) is 10.3. The van der Waals surface area contributed by atoms with E-state index in [-0.39, 0.29) is 12.5 Å². The van der Waals surface area contributed by atoms with Crippen LogP contribution in [0.2, 0.25) is 0 Å². The van der Waals surface area contributed by atoms with Crippen molar-refractivity contribution in [1.82, 2.24) is 20.2 Å². The van der Waals surface area contributed by atoms with Crippen LogP contribution >= 0.6 is 15.9 Å². The Hall–Kier alpha value is -2.74. The molecular weight excluding hydrogens is 362 g/mol. The van der Waals surface area contributed by atoms with E-state index in [1.54, 1.807) is 24.3 Å². The number of tetrazole rings is 1. The van der Waals surface area contributed by atoms with E-state index in [9.17, 15) is 4.79 Å². The number of halogens is 1. The molecule has 0 fully saturated rings. The summed E-state index contributed by atoms with van der Waals surface area (Å²) in [5.74, 6) is 1.22. The molecule has 0 atom stereocenters. The highest BCUT2D eigenvalue weighted by Crippen LogP contribution is 2.24. The van der Waals surface area contributed by atoms with Gasteiger partial charge in [0.05, 0.1) is 0 Å². The van der Waals surface area contributed by atoms with Crippen molar-refractivity contribution in [1.29, 1.82) is 0 Å². The summed E-state index contributed by atoms with van der Waals surface area (Å²) in [6.45, 7) is 0.0597. The predicted octanol–water partition coefficient (Wildman–Crippen LogP) is 2.87. The largest absolute Gasteiger partial charge is 0.457 e. The third-order valence-corrected chi connectivity index (χ3v) is 3.41. The Morgan fingerprint density at radius 3 is 2.35 bits per heavy atom. The summed E-state index contributed by atoms with van der Waals surface area (Å²) in [6, 6.07) is 14.7. The van der Waals surface area contributed by atoms with Gasteiger partial charge in [0.25, 0.3) is 0 Å². The molecule has 0 aliphatic heterocycles. The first-order valence-corrected chi connectivity index (χ1v) is 7.52. The zero-order chi connectivity index (χ0) is 16.1. The average Bonchev–Trinajstić information content (AvgIpc) is 3.04. The number of carbonyl (C=O) groups is 1. The molecule has 0 unspecified atom stereocenters. The smallest absolute Gasteiger partial charge is 0.246 e. The van der Waals surface area contributed by atoms with Gasteiger partial charge in [-0.3, -0.25) is 4.79 Å². The van der Waals surface area contributed by atoms with Gasteiger partial charge in [0.1, 0.15) is 24.4 Å². The monoisotopic (exact) mass is 373 g/mol. The Labute approximate surface area is 140 Å². The van der Waals surface area contributed by atoms with Crippen molar-refractivity contribution in [2.45, 2.75) is 6.54 Å². The summed E-state index contributed by atoms with van der Waals surface area (Å²) < 4.78 is 8.05. The van der Waals surface area contributed by atoms with Crippen molar-refractivity contribution in [2.75, 3.05) is 5.32 Å². The average molecular weight is 374 g/mol. The van der Waals surface area contributed by atoms with E-state index in [0.717, 1.165) is 10.2 Å². The predicted molar refractivity (Wildman–Crippen MR) is 87.1 cm³/mol. The molecule has 23 heavy (non-hydrogen) atoms. The lowest BCUT2D eigenvalue weighted by Gasteiger charge is -2.08. The molecule has 0 radical (unpaired) electrons. The van der Waals surface area contributed by atoms with Gasteiger partial charge in [-0.05, 0) is 59.0 Å².